The van der Waals surface area contributed by atoms with Gasteiger partial charge in [-0.1, -0.05) is 36.4 Å². The van der Waals surface area contributed by atoms with Gasteiger partial charge in [0.15, 0.2) is 0 Å². The maximum Gasteiger partial charge on any atom is 0.300 e. The number of hydrogen-bond donors (Lipinski definition) is 2. The molecular formula is C16H21NO2S. The average molecular weight is 291 g/mol. The highest BCUT2D eigenvalue weighted by atomic mass is 32.1. The lowest BCUT2D eigenvalue weighted by atomic mass is 10.1. The van der Waals surface area contributed by atoms with Crippen molar-refractivity contribution in [3.8, 4) is 0 Å². The highest BCUT2D eigenvalue weighted by molar-refractivity contribution is 7.09. The van der Waals surface area contributed by atoms with Crippen molar-refractivity contribution in [3.63, 3.8) is 0 Å². The van der Waals surface area contributed by atoms with Gasteiger partial charge in [0.05, 0.1) is 0 Å². The first-order chi connectivity index (χ1) is 9.58. The Morgan fingerprint density at radius 3 is 2.45 bits per heavy atom. The largest absolute Gasteiger partial charge is 0.481 e. The van der Waals surface area contributed by atoms with Crippen LogP contribution in [0.15, 0.2) is 47.8 Å². The van der Waals surface area contributed by atoms with Gasteiger partial charge in [-0.3, -0.25) is 4.79 Å². The molecule has 0 fully saturated rings. The smallest absolute Gasteiger partial charge is 0.300 e. The van der Waals surface area contributed by atoms with Gasteiger partial charge < -0.3 is 10.4 Å². The van der Waals surface area contributed by atoms with Crippen LogP contribution in [0.4, 0.5) is 0 Å². The fourth-order valence-corrected chi connectivity index (χ4v) is 2.38. The van der Waals surface area contributed by atoms with Gasteiger partial charge in [0.2, 0.25) is 0 Å². The lowest BCUT2D eigenvalue weighted by Crippen LogP contribution is -2.27. The van der Waals surface area contributed by atoms with Crippen LogP contribution in [0.25, 0.3) is 0 Å². The molecule has 1 atom stereocenters. The van der Waals surface area contributed by atoms with Crippen molar-refractivity contribution in [3.05, 3.63) is 58.3 Å². The molecule has 1 heterocycles. The van der Waals surface area contributed by atoms with Crippen molar-refractivity contribution in [2.45, 2.75) is 32.9 Å². The van der Waals surface area contributed by atoms with Crippen molar-refractivity contribution in [1.82, 2.24) is 5.32 Å². The summed E-state index contributed by atoms with van der Waals surface area (Å²) in [5, 5.41) is 13.1. The van der Waals surface area contributed by atoms with Gasteiger partial charge in [0.25, 0.3) is 5.97 Å². The molecular weight excluding hydrogens is 270 g/mol. The molecule has 1 aromatic heterocycles. The number of carboxylic acid groups (broad SMARTS) is 1. The summed E-state index contributed by atoms with van der Waals surface area (Å²) in [5.74, 6) is -0.833. The molecule has 0 spiro atoms. The van der Waals surface area contributed by atoms with E-state index in [0.717, 1.165) is 19.9 Å². The second kappa shape index (κ2) is 9.28. The van der Waals surface area contributed by atoms with Gasteiger partial charge in [-0.05, 0) is 30.4 Å². The van der Waals surface area contributed by atoms with Gasteiger partial charge in [-0.2, -0.15) is 0 Å². The number of aliphatic carboxylic acids is 1. The van der Waals surface area contributed by atoms with E-state index in [4.69, 9.17) is 9.90 Å². The molecule has 2 aromatic rings. The molecule has 0 radical (unpaired) electrons. The third-order valence-electron chi connectivity index (χ3n) is 2.59. The number of carbonyl (C=O) groups is 1. The second-order valence-corrected chi connectivity index (χ2v) is 5.60. The number of rotatable bonds is 5. The van der Waals surface area contributed by atoms with E-state index >= 15 is 0 Å². The minimum Gasteiger partial charge on any atom is -0.481 e. The van der Waals surface area contributed by atoms with Crippen LogP contribution in [0.2, 0.25) is 0 Å². The highest BCUT2D eigenvalue weighted by Crippen LogP contribution is 2.09. The Labute approximate surface area is 124 Å². The average Bonchev–Trinajstić information content (AvgIpc) is 2.90. The molecule has 4 heteroatoms. The fourth-order valence-electron chi connectivity index (χ4n) is 1.73. The van der Waals surface area contributed by atoms with Gasteiger partial charge in [0, 0.05) is 24.4 Å². The van der Waals surface area contributed by atoms with E-state index in [1.165, 1.54) is 10.4 Å². The van der Waals surface area contributed by atoms with E-state index in [-0.39, 0.29) is 0 Å². The summed E-state index contributed by atoms with van der Waals surface area (Å²) >= 11 is 1.81. The predicted octanol–water partition coefficient (Wildman–Crippen LogP) is 3.56. The van der Waals surface area contributed by atoms with Crippen LogP contribution >= 0.6 is 11.3 Å². The monoisotopic (exact) mass is 291 g/mol. The molecule has 0 aliphatic heterocycles. The molecule has 0 saturated carbocycles. The summed E-state index contributed by atoms with van der Waals surface area (Å²) in [7, 11) is 0. The van der Waals surface area contributed by atoms with E-state index in [1.807, 2.05) is 11.3 Å². The highest BCUT2D eigenvalue weighted by Gasteiger charge is 2.02. The number of thiophene rings is 1. The van der Waals surface area contributed by atoms with Crippen molar-refractivity contribution in [2.75, 3.05) is 0 Å². The Morgan fingerprint density at radius 2 is 1.90 bits per heavy atom. The summed E-state index contributed by atoms with van der Waals surface area (Å²) in [6.07, 6.45) is 1.09. The van der Waals surface area contributed by atoms with Crippen LogP contribution in [0.5, 0.6) is 0 Å². The van der Waals surface area contributed by atoms with Crippen LogP contribution in [0.3, 0.4) is 0 Å². The van der Waals surface area contributed by atoms with Crippen molar-refractivity contribution in [1.29, 1.82) is 0 Å². The van der Waals surface area contributed by atoms with E-state index in [9.17, 15) is 0 Å². The Morgan fingerprint density at radius 1 is 1.25 bits per heavy atom. The number of nitrogens with one attached hydrogen (secondary N) is 1. The molecule has 1 aromatic carbocycles. The number of benzene rings is 1. The molecule has 20 heavy (non-hydrogen) atoms. The number of carboxylic acids is 1. The maximum atomic E-state index is 9.00. The first-order valence-corrected chi connectivity index (χ1v) is 7.45. The lowest BCUT2D eigenvalue weighted by Gasteiger charge is -2.12. The van der Waals surface area contributed by atoms with Crippen molar-refractivity contribution >= 4 is 17.3 Å². The topological polar surface area (TPSA) is 49.3 Å². The van der Waals surface area contributed by atoms with Gasteiger partial charge in [-0.15, -0.1) is 11.3 Å². The van der Waals surface area contributed by atoms with E-state index < -0.39 is 5.97 Å². The van der Waals surface area contributed by atoms with E-state index in [0.29, 0.717) is 6.04 Å². The van der Waals surface area contributed by atoms with Crippen molar-refractivity contribution < 1.29 is 9.90 Å². The van der Waals surface area contributed by atoms with Crippen LogP contribution in [0, 0.1) is 0 Å². The standard InChI is InChI=1S/C14H17NS.C2H4O2/c1-12(10-13-6-3-2-4-7-13)15-11-14-8-5-9-16-14;1-2(3)4/h2-9,12,15H,10-11H2,1H3;1H3,(H,3,4). The first-order valence-electron chi connectivity index (χ1n) is 6.57. The predicted molar refractivity (Wildman–Crippen MR) is 84.1 cm³/mol. The Kier molecular flexibility index (Phi) is 7.62. The molecule has 0 aliphatic carbocycles. The summed E-state index contributed by atoms with van der Waals surface area (Å²) in [6, 6.07) is 15.4. The molecule has 0 aliphatic rings. The quantitative estimate of drug-likeness (QED) is 0.885. The Balaban J connectivity index is 0.000000444. The molecule has 0 amide bonds. The normalized spacial score (nSPS) is 11.3. The summed E-state index contributed by atoms with van der Waals surface area (Å²) in [6.45, 7) is 4.30. The van der Waals surface area contributed by atoms with Crippen LogP contribution < -0.4 is 5.32 Å². The third kappa shape index (κ3) is 7.71. The fraction of sp³-hybridized carbons (Fsp3) is 0.312. The minimum atomic E-state index is -0.833. The molecule has 3 nitrogen and oxygen atoms in total. The zero-order valence-electron chi connectivity index (χ0n) is 11.9. The van der Waals surface area contributed by atoms with Crippen molar-refractivity contribution in [2.24, 2.45) is 0 Å². The zero-order chi connectivity index (χ0) is 14.8. The van der Waals surface area contributed by atoms with Crippen LogP contribution in [-0.2, 0) is 17.8 Å². The van der Waals surface area contributed by atoms with Gasteiger partial charge >= 0.3 is 0 Å². The molecule has 0 saturated heterocycles. The van der Waals surface area contributed by atoms with E-state index in [1.54, 1.807) is 0 Å². The number of hydrogen-bond acceptors (Lipinski definition) is 3. The second-order valence-electron chi connectivity index (χ2n) is 4.57. The van der Waals surface area contributed by atoms with Crippen LogP contribution in [0.1, 0.15) is 24.3 Å². The van der Waals surface area contributed by atoms with E-state index in [2.05, 4.69) is 60.1 Å². The molecule has 0 bridgehead atoms. The lowest BCUT2D eigenvalue weighted by molar-refractivity contribution is -0.134. The third-order valence-corrected chi connectivity index (χ3v) is 3.47. The summed E-state index contributed by atoms with van der Waals surface area (Å²) in [5.41, 5.74) is 1.40. The Bertz CT molecular complexity index is 478. The maximum absolute atomic E-state index is 9.00. The SMILES string of the molecule is CC(=O)O.CC(Cc1ccccc1)NCc1cccs1. The Hall–Kier alpha value is -1.65. The van der Waals surface area contributed by atoms with Gasteiger partial charge in [-0.25, -0.2) is 0 Å². The molecule has 2 rings (SSSR count). The first kappa shape index (κ1) is 16.4. The molecule has 108 valence electrons. The zero-order valence-corrected chi connectivity index (χ0v) is 12.7. The van der Waals surface area contributed by atoms with Gasteiger partial charge in [0.1, 0.15) is 0 Å². The minimum absolute atomic E-state index is 0.518. The summed E-state index contributed by atoms with van der Waals surface area (Å²) in [4.78, 5) is 10.4. The molecule has 2 N–H and O–H groups in total. The molecule has 1 unspecified atom stereocenters. The summed E-state index contributed by atoms with van der Waals surface area (Å²) < 4.78 is 0. The van der Waals surface area contributed by atoms with Crippen LogP contribution in [-0.4, -0.2) is 17.1 Å².